The molecule has 0 aliphatic heterocycles. The maximum absolute atomic E-state index is 13.1. The number of nitrogens with one attached hydrogen (secondary N) is 1. The summed E-state index contributed by atoms with van der Waals surface area (Å²) in [5.74, 6) is -0.344. The summed E-state index contributed by atoms with van der Waals surface area (Å²) in [5.41, 5.74) is 0.826. The number of unbranched alkanes of at least 4 members (excludes halogenated alkanes) is 3. The van der Waals surface area contributed by atoms with Crippen LogP contribution in [0.15, 0.2) is 18.2 Å². The summed E-state index contributed by atoms with van der Waals surface area (Å²) in [4.78, 5) is 0. The minimum Gasteiger partial charge on any atom is -0.313 e. The van der Waals surface area contributed by atoms with Crippen molar-refractivity contribution < 1.29 is 4.39 Å². The van der Waals surface area contributed by atoms with Crippen LogP contribution in [0.4, 0.5) is 4.39 Å². The van der Waals surface area contributed by atoms with Crippen LogP contribution < -0.4 is 5.32 Å². The first-order chi connectivity index (χ1) is 8.25. The van der Waals surface area contributed by atoms with Crippen molar-refractivity contribution in [2.24, 2.45) is 0 Å². The monoisotopic (exact) mass is 321 g/mol. The lowest BCUT2D eigenvalue weighted by molar-refractivity contribution is 0.594. The van der Waals surface area contributed by atoms with Gasteiger partial charge >= 0.3 is 0 Å². The summed E-state index contributed by atoms with van der Waals surface area (Å²) in [7, 11) is 0. The van der Waals surface area contributed by atoms with Gasteiger partial charge in [-0.3, -0.25) is 0 Å². The summed E-state index contributed by atoms with van der Waals surface area (Å²) in [6.45, 7) is 1.59. The van der Waals surface area contributed by atoms with E-state index in [1.54, 1.807) is 6.07 Å². The fraction of sp³-hybridized carbons (Fsp3) is 0.538. The minimum atomic E-state index is -0.344. The highest BCUT2D eigenvalue weighted by molar-refractivity contribution is 9.09. The van der Waals surface area contributed by atoms with Gasteiger partial charge in [0, 0.05) is 11.9 Å². The minimum absolute atomic E-state index is 0.235. The SMILES string of the molecule is Fc1cccc(CNCCCCCCBr)c1Cl. The Kier molecular flexibility index (Phi) is 7.82. The number of benzene rings is 1. The van der Waals surface area contributed by atoms with Gasteiger partial charge in [-0.25, -0.2) is 4.39 Å². The quantitative estimate of drug-likeness (QED) is 0.548. The lowest BCUT2D eigenvalue weighted by Gasteiger charge is -2.07. The molecule has 0 saturated heterocycles. The molecule has 0 saturated carbocycles. The maximum atomic E-state index is 13.1. The molecule has 4 heteroatoms. The topological polar surface area (TPSA) is 12.0 Å². The van der Waals surface area contributed by atoms with Gasteiger partial charge in [0.1, 0.15) is 5.82 Å². The Hall–Kier alpha value is -0.120. The molecule has 1 nitrogen and oxygen atoms in total. The third-order valence-corrected chi connectivity index (χ3v) is 3.57. The van der Waals surface area contributed by atoms with Crippen LogP contribution in [0.25, 0.3) is 0 Å². The molecule has 1 aromatic rings. The fourth-order valence-corrected chi connectivity index (χ4v) is 2.20. The highest BCUT2D eigenvalue weighted by Gasteiger charge is 2.04. The molecule has 0 aliphatic carbocycles. The van der Waals surface area contributed by atoms with E-state index in [0.717, 1.165) is 23.9 Å². The van der Waals surface area contributed by atoms with E-state index in [-0.39, 0.29) is 10.8 Å². The van der Waals surface area contributed by atoms with E-state index in [2.05, 4.69) is 21.2 Å². The Balaban J connectivity index is 2.16. The van der Waals surface area contributed by atoms with Gasteiger partial charge in [0.15, 0.2) is 0 Å². The second-order valence-corrected chi connectivity index (χ2v) is 5.16. The second kappa shape index (κ2) is 8.90. The molecular formula is C13H18BrClFN. The number of hydrogen-bond acceptors (Lipinski definition) is 1. The molecular weight excluding hydrogens is 305 g/mol. The molecule has 0 aliphatic rings. The Morgan fingerprint density at radius 1 is 1.18 bits per heavy atom. The zero-order valence-corrected chi connectivity index (χ0v) is 12.2. The smallest absolute Gasteiger partial charge is 0.142 e. The van der Waals surface area contributed by atoms with Crippen LogP contribution in [0.1, 0.15) is 31.2 Å². The van der Waals surface area contributed by atoms with Crippen LogP contribution in [0, 0.1) is 5.82 Å². The molecule has 0 aromatic heterocycles. The van der Waals surface area contributed by atoms with Crippen molar-refractivity contribution >= 4 is 27.5 Å². The summed E-state index contributed by atoms with van der Waals surface area (Å²) in [5, 5.41) is 4.60. The summed E-state index contributed by atoms with van der Waals surface area (Å²) < 4.78 is 13.1. The van der Waals surface area contributed by atoms with Crippen molar-refractivity contribution in [1.82, 2.24) is 5.32 Å². The van der Waals surface area contributed by atoms with E-state index in [1.165, 1.54) is 25.3 Å². The number of halogens is 3. The number of hydrogen-bond donors (Lipinski definition) is 1. The lowest BCUT2D eigenvalue weighted by Crippen LogP contribution is -2.15. The average molecular weight is 323 g/mol. The van der Waals surface area contributed by atoms with Gasteiger partial charge in [0.2, 0.25) is 0 Å². The molecule has 0 amide bonds. The first-order valence-corrected chi connectivity index (χ1v) is 7.45. The lowest BCUT2D eigenvalue weighted by atomic mass is 10.2. The van der Waals surface area contributed by atoms with E-state index in [4.69, 9.17) is 11.6 Å². The van der Waals surface area contributed by atoms with Gasteiger partial charge < -0.3 is 5.32 Å². The second-order valence-electron chi connectivity index (χ2n) is 3.99. The fourth-order valence-electron chi connectivity index (χ4n) is 1.61. The predicted octanol–water partition coefficient (Wildman–Crippen LogP) is 4.52. The van der Waals surface area contributed by atoms with E-state index < -0.39 is 0 Å². The largest absolute Gasteiger partial charge is 0.313 e. The van der Waals surface area contributed by atoms with Crippen LogP contribution >= 0.6 is 27.5 Å². The molecule has 0 fully saturated rings. The van der Waals surface area contributed by atoms with Crippen molar-refractivity contribution in [2.45, 2.75) is 32.2 Å². The molecule has 1 N–H and O–H groups in total. The van der Waals surface area contributed by atoms with Gasteiger partial charge in [0.05, 0.1) is 5.02 Å². The Morgan fingerprint density at radius 3 is 2.71 bits per heavy atom. The van der Waals surface area contributed by atoms with Crippen LogP contribution in [-0.4, -0.2) is 11.9 Å². The Bertz CT molecular complexity index is 333. The van der Waals surface area contributed by atoms with Crippen molar-refractivity contribution in [2.75, 3.05) is 11.9 Å². The van der Waals surface area contributed by atoms with Crippen molar-refractivity contribution in [3.05, 3.63) is 34.6 Å². The molecule has 17 heavy (non-hydrogen) atoms. The third kappa shape index (κ3) is 5.84. The van der Waals surface area contributed by atoms with E-state index in [1.807, 2.05) is 6.07 Å². The normalized spacial score (nSPS) is 10.8. The van der Waals surface area contributed by atoms with Gasteiger partial charge in [-0.15, -0.1) is 0 Å². The number of rotatable bonds is 8. The average Bonchev–Trinajstić information content (AvgIpc) is 2.33. The summed E-state index contributed by atoms with van der Waals surface area (Å²) in [6, 6.07) is 4.92. The summed E-state index contributed by atoms with van der Waals surface area (Å²) in [6.07, 6.45) is 4.87. The molecule has 0 spiro atoms. The van der Waals surface area contributed by atoms with Gasteiger partial charge in [-0.2, -0.15) is 0 Å². The van der Waals surface area contributed by atoms with Crippen LogP contribution in [0.2, 0.25) is 5.02 Å². The summed E-state index contributed by atoms with van der Waals surface area (Å²) >= 11 is 9.27. The maximum Gasteiger partial charge on any atom is 0.142 e. The zero-order valence-electron chi connectivity index (χ0n) is 9.82. The molecule has 0 atom stereocenters. The predicted molar refractivity (Wildman–Crippen MR) is 75.4 cm³/mol. The molecule has 0 radical (unpaired) electrons. The molecule has 96 valence electrons. The van der Waals surface area contributed by atoms with Crippen LogP contribution in [0.3, 0.4) is 0 Å². The highest BCUT2D eigenvalue weighted by atomic mass is 79.9. The first-order valence-electron chi connectivity index (χ1n) is 5.95. The standard InChI is InChI=1S/C13H18BrClFN/c14-8-3-1-2-4-9-17-10-11-6-5-7-12(16)13(11)15/h5-7,17H,1-4,8-10H2. The molecule has 0 unspecified atom stereocenters. The highest BCUT2D eigenvalue weighted by Crippen LogP contribution is 2.19. The molecule has 0 bridgehead atoms. The van der Waals surface area contributed by atoms with Crippen molar-refractivity contribution in [1.29, 1.82) is 0 Å². The number of alkyl halides is 1. The van der Waals surface area contributed by atoms with Crippen LogP contribution in [-0.2, 0) is 6.54 Å². The zero-order chi connectivity index (χ0) is 12.5. The van der Waals surface area contributed by atoms with E-state index in [0.29, 0.717) is 6.54 Å². The molecule has 1 aromatic carbocycles. The van der Waals surface area contributed by atoms with Gasteiger partial charge in [-0.1, -0.05) is 52.5 Å². The molecule has 1 rings (SSSR count). The van der Waals surface area contributed by atoms with Gasteiger partial charge in [0.25, 0.3) is 0 Å². The van der Waals surface area contributed by atoms with Crippen molar-refractivity contribution in [3.63, 3.8) is 0 Å². The van der Waals surface area contributed by atoms with E-state index in [9.17, 15) is 4.39 Å². The van der Waals surface area contributed by atoms with Crippen molar-refractivity contribution in [3.8, 4) is 0 Å². The Morgan fingerprint density at radius 2 is 1.94 bits per heavy atom. The van der Waals surface area contributed by atoms with E-state index >= 15 is 0 Å². The van der Waals surface area contributed by atoms with Gasteiger partial charge in [-0.05, 0) is 31.0 Å². The Labute approximate surface area is 116 Å². The van der Waals surface area contributed by atoms with Crippen LogP contribution in [0.5, 0.6) is 0 Å². The first kappa shape index (κ1) is 14.9. The third-order valence-electron chi connectivity index (χ3n) is 2.58. The molecule has 0 heterocycles.